The molecular weight excluding hydrogens is 518 g/mol. The van der Waals surface area contributed by atoms with Crippen LogP contribution in [0, 0.1) is 11.8 Å². The Bertz CT molecular complexity index is 1190. The Labute approximate surface area is 254 Å². The third-order valence-corrected chi connectivity index (χ3v) is 12.2. The summed E-state index contributed by atoms with van der Waals surface area (Å²) >= 11 is 0. The zero-order chi connectivity index (χ0) is 28.6. The smallest absolute Gasteiger partial charge is 0.236 e. The molecule has 0 unspecified atom stereocenters. The zero-order valence-corrected chi connectivity index (χ0v) is 26.4. The van der Waals surface area contributed by atoms with Crippen LogP contribution in [0.2, 0.25) is 0 Å². The lowest BCUT2D eigenvalue weighted by Gasteiger charge is -2.54. The van der Waals surface area contributed by atoms with E-state index in [0.717, 1.165) is 61.5 Å². The fourth-order valence-corrected chi connectivity index (χ4v) is 10.3. The maximum atomic E-state index is 13.0. The molecule has 2 saturated carbocycles. The molecule has 3 aliphatic heterocycles. The van der Waals surface area contributed by atoms with Gasteiger partial charge >= 0.3 is 0 Å². The number of aromatic nitrogens is 2. The van der Waals surface area contributed by atoms with Gasteiger partial charge in [0, 0.05) is 49.7 Å². The Hall–Kier alpha value is -1.92. The van der Waals surface area contributed by atoms with E-state index in [1.165, 1.54) is 101 Å². The van der Waals surface area contributed by atoms with Crippen LogP contribution in [0.3, 0.4) is 0 Å². The number of benzene rings is 1. The highest BCUT2D eigenvalue weighted by molar-refractivity contribution is 5.78. The Morgan fingerprint density at radius 1 is 0.810 bits per heavy atom. The van der Waals surface area contributed by atoms with Gasteiger partial charge in [-0.2, -0.15) is 0 Å². The predicted octanol–water partition coefficient (Wildman–Crippen LogP) is 6.83. The molecule has 6 heteroatoms. The van der Waals surface area contributed by atoms with Crippen LogP contribution in [0.1, 0.15) is 116 Å². The average Bonchev–Trinajstić information content (AvgIpc) is 3.53. The highest BCUT2D eigenvalue weighted by Gasteiger charge is 2.45. The fraction of sp³-hybridized carbons (Fsp3) is 0.778. The summed E-state index contributed by atoms with van der Waals surface area (Å²) in [6.07, 6.45) is 20.4. The maximum absolute atomic E-state index is 13.0. The number of imidazole rings is 1. The van der Waals surface area contributed by atoms with Crippen LogP contribution >= 0.6 is 0 Å². The molecule has 7 rings (SSSR count). The second-order valence-corrected chi connectivity index (χ2v) is 14.6. The van der Waals surface area contributed by atoms with Crippen molar-refractivity contribution in [2.75, 3.05) is 26.2 Å². The van der Waals surface area contributed by atoms with Gasteiger partial charge in [0.05, 0.1) is 17.6 Å². The number of piperidine rings is 2. The maximum Gasteiger partial charge on any atom is 0.236 e. The lowest BCUT2D eigenvalue weighted by Crippen LogP contribution is -2.58. The van der Waals surface area contributed by atoms with Gasteiger partial charge in [0.2, 0.25) is 5.91 Å². The van der Waals surface area contributed by atoms with Crippen LogP contribution in [-0.4, -0.2) is 80.5 Å². The van der Waals surface area contributed by atoms with Gasteiger partial charge in [0.1, 0.15) is 5.82 Å². The molecule has 0 spiro atoms. The topological polar surface area (TPSA) is 44.6 Å². The first-order chi connectivity index (χ1) is 20.6. The predicted molar refractivity (Wildman–Crippen MR) is 171 cm³/mol. The average molecular weight is 574 g/mol. The number of carbonyl (C=O) groups excluding carboxylic acids is 1. The first kappa shape index (κ1) is 28.8. The highest BCUT2D eigenvalue weighted by Crippen LogP contribution is 2.47. The van der Waals surface area contributed by atoms with E-state index in [1.807, 2.05) is 4.90 Å². The third-order valence-electron chi connectivity index (χ3n) is 12.2. The van der Waals surface area contributed by atoms with Crippen molar-refractivity contribution in [3.63, 3.8) is 0 Å². The van der Waals surface area contributed by atoms with E-state index in [0.29, 0.717) is 18.6 Å². The number of amides is 1. The summed E-state index contributed by atoms with van der Waals surface area (Å²) in [6, 6.07) is 12.1. The monoisotopic (exact) mass is 573 g/mol. The van der Waals surface area contributed by atoms with E-state index < -0.39 is 0 Å². The fourth-order valence-electron chi connectivity index (χ4n) is 10.3. The molecule has 0 radical (unpaired) electrons. The summed E-state index contributed by atoms with van der Waals surface area (Å²) in [5, 5.41) is 0. The van der Waals surface area contributed by atoms with Gasteiger partial charge in [-0.1, -0.05) is 44.2 Å². The van der Waals surface area contributed by atoms with Crippen molar-refractivity contribution in [3.8, 4) is 0 Å². The molecule has 230 valence electrons. The van der Waals surface area contributed by atoms with Crippen LogP contribution in [0.4, 0.5) is 0 Å². The van der Waals surface area contributed by atoms with Crippen LogP contribution in [-0.2, 0) is 11.2 Å². The number of nitrogens with zero attached hydrogens (tertiary/aromatic N) is 5. The van der Waals surface area contributed by atoms with Crippen LogP contribution in [0.25, 0.3) is 11.0 Å². The summed E-state index contributed by atoms with van der Waals surface area (Å²) in [5.74, 6) is 3.52. The lowest BCUT2D eigenvalue weighted by atomic mass is 9.73. The number of carbonyl (C=O) groups is 1. The molecule has 42 heavy (non-hydrogen) atoms. The normalized spacial score (nSPS) is 34.0. The Balaban J connectivity index is 1.12. The molecule has 0 N–H and O–H groups in total. The second kappa shape index (κ2) is 12.6. The van der Waals surface area contributed by atoms with Crippen molar-refractivity contribution in [2.24, 2.45) is 11.8 Å². The van der Waals surface area contributed by atoms with Gasteiger partial charge < -0.3 is 9.47 Å². The van der Waals surface area contributed by atoms with Crippen molar-refractivity contribution in [2.45, 2.75) is 140 Å². The molecule has 4 bridgehead atoms. The molecule has 6 nitrogen and oxygen atoms in total. The molecule has 1 aromatic heterocycles. The van der Waals surface area contributed by atoms with E-state index >= 15 is 0 Å². The number of rotatable bonds is 8. The minimum atomic E-state index is 0.281. The van der Waals surface area contributed by atoms with Crippen LogP contribution < -0.4 is 0 Å². The first-order valence-electron chi connectivity index (χ1n) is 17.9. The molecule has 2 aromatic rings. The van der Waals surface area contributed by atoms with Gasteiger partial charge in [-0.3, -0.25) is 14.6 Å². The molecule has 2 aliphatic carbocycles. The number of hydrogen-bond acceptors (Lipinski definition) is 4. The molecule has 5 fully saturated rings. The number of fused-ring (bicyclic) bond motifs is 5. The van der Waals surface area contributed by atoms with Crippen LogP contribution in [0.5, 0.6) is 0 Å². The Kier molecular flexibility index (Phi) is 8.64. The second-order valence-electron chi connectivity index (χ2n) is 14.6. The van der Waals surface area contributed by atoms with Gasteiger partial charge in [-0.05, 0) is 102 Å². The molecule has 7 atom stereocenters. The van der Waals surface area contributed by atoms with E-state index in [1.54, 1.807) is 0 Å². The summed E-state index contributed by atoms with van der Waals surface area (Å²) < 4.78 is 2.70. The standard InChI is InChI=1S/C36H55N5O/c1-3-38(4-2)36(42)25-39-18-10-15-28(39)24-35-37-33-16-7-8-17-34(33)41(35)32-22-29-13-9-14-30(23-32)40(29)31-20-26-11-5-6-12-27(19-26)21-31/h7-8,16-17,26-32H,3-6,9-15,18-25H2,1-2H3/t26-,27+,28-,29-,30+,31+,32-/m0/s1. The minimum Gasteiger partial charge on any atom is -0.342 e. The number of likely N-dealkylation sites (N-methyl/N-ethyl adjacent to an activating group) is 1. The first-order valence-corrected chi connectivity index (χ1v) is 17.9. The van der Waals surface area contributed by atoms with Crippen LogP contribution in [0.15, 0.2) is 24.3 Å². The van der Waals surface area contributed by atoms with Crippen molar-refractivity contribution >= 4 is 16.9 Å². The molecule has 1 amide bonds. The molecule has 3 saturated heterocycles. The molecule has 1 aromatic carbocycles. The van der Waals surface area contributed by atoms with Crippen molar-refractivity contribution in [1.29, 1.82) is 0 Å². The van der Waals surface area contributed by atoms with Gasteiger partial charge in [0.15, 0.2) is 0 Å². The quantitative estimate of drug-likeness (QED) is 0.347. The van der Waals surface area contributed by atoms with E-state index in [-0.39, 0.29) is 5.91 Å². The van der Waals surface area contributed by atoms with E-state index in [2.05, 4.69) is 52.5 Å². The molecule has 4 heterocycles. The van der Waals surface area contributed by atoms with Crippen molar-refractivity contribution < 1.29 is 4.79 Å². The number of para-hydroxylation sites is 2. The van der Waals surface area contributed by atoms with E-state index in [9.17, 15) is 4.79 Å². The molecular formula is C36H55N5O. The lowest BCUT2D eigenvalue weighted by molar-refractivity contribution is -0.132. The summed E-state index contributed by atoms with van der Waals surface area (Å²) in [7, 11) is 0. The van der Waals surface area contributed by atoms with Crippen molar-refractivity contribution in [1.82, 2.24) is 24.3 Å². The Morgan fingerprint density at radius 3 is 2.24 bits per heavy atom. The Morgan fingerprint density at radius 2 is 1.52 bits per heavy atom. The van der Waals surface area contributed by atoms with Gasteiger partial charge in [0.25, 0.3) is 0 Å². The van der Waals surface area contributed by atoms with Gasteiger partial charge in [-0.25, -0.2) is 4.98 Å². The number of hydrogen-bond donors (Lipinski definition) is 0. The third kappa shape index (κ3) is 5.67. The molecule has 5 aliphatic rings. The summed E-state index contributed by atoms with van der Waals surface area (Å²) in [4.78, 5) is 25.9. The van der Waals surface area contributed by atoms with E-state index in [4.69, 9.17) is 4.98 Å². The largest absolute Gasteiger partial charge is 0.342 e. The SMILES string of the molecule is CCN(CC)C(=O)CN1CCC[C@H]1Cc1nc2ccccc2n1[C@@H]1C[C@H]2CCC[C@@H](C1)N2[C@H]1C[C@@H]2CCCC[C@@H](C2)C1. The minimum absolute atomic E-state index is 0.281. The summed E-state index contributed by atoms with van der Waals surface area (Å²) in [6.45, 7) is 7.36. The summed E-state index contributed by atoms with van der Waals surface area (Å²) in [5.41, 5.74) is 2.48. The van der Waals surface area contributed by atoms with Gasteiger partial charge in [-0.15, -0.1) is 0 Å². The zero-order valence-electron chi connectivity index (χ0n) is 26.4. The van der Waals surface area contributed by atoms with Crippen molar-refractivity contribution in [3.05, 3.63) is 30.1 Å². The highest BCUT2D eigenvalue weighted by atomic mass is 16.2. The number of likely N-dealkylation sites (tertiary alicyclic amines) is 1.